The van der Waals surface area contributed by atoms with Crippen molar-refractivity contribution < 1.29 is 0 Å². The minimum Gasteiger partial charge on any atom is -0.314 e. The van der Waals surface area contributed by atoms with Gasteiger partial charge < -0.3 is 5.32 Å². The standard InChI is InChI=1S/C17H36N2/c1-6-11-17(5,13-18-15(3)4)14-19-12-9-8-10-16(19)7-2/h15-16,18H,6-14H2,1-5H3. The van der Waals surface area contributed by atoms with Gasteiger partial charge in [-0.1, -0.05) is 47.5 Å². The van der Waals surface area contributed by atoms with E-state index >= 15 is 0 Å². The Morgan fingerprint density at radius 3 is 2.58 bits per heavy atom. The summed E-state index contributed by atoms with van der Waals surface area (Å²) in [6.07, 6.45) is 8.19. The molecule has 0 aromatic heterocycles. The molecule has 2 heteroatoms. The summed E-state index contributed by atoms with van der Waals surface area (Å²) in [4.78, 5) is 2.78. The third-order valence-corrected chi connectivity index (χ3v) is 4.60. The number of hydrogen-bond donors (Lipinski definition) is 1. The Morgan fingerprint density at radius 2 is 2.00 bits per heavy atom. The largest absolute Gasteiger partial charge is 0.314 e. The van der Waals surface area contributed by atoms with Gasteiger partial charge in [-0.05, 0) is 37.6 Å². The maximum atomic E-state index is 3.67. The van der Waals surface area contributed by atoms with E-state index in [0.717, 1.165) is 12.6 Å². The molecule has 0 radical (unpaired) electrons. The molecule has 0 aromatic carbocycles. The highest BCUT2D eigenvalue weighted by molar-refractivity contribution is 4.85. The van der Waals surface area contributed by atoms with E-state index in [1.807, 2.05) is 0 Å². The van der Waals surface area contributed by atoms with Gasteiger partial charge >= 0.3 is 0 Å². The molecule has 114 valence electrons. The number of rotatable bonds is 8. The van der Waals surface area contributed by atoms with Gasteiger partial charge in [-0.25, -0.2) is 0 Å². The summed E-state index contributed by atoms with van der Waals surface area (Å²) in [5.74, 6) is 0. The first kappa shape index (κ1) is 17.0. The summed E-state index contributed by atoms with van der Waals surface area (Å²) in [6, 6.07) is 1.43. The summed E-state index contributed by atoms with van der Waals surface area (Å²) < 4.78 is 0. The zero-order valence-corrected chi connectivity index (χ0v) is 14.0. The molecule has 0 bridgehead atoms. The molecular weight excluding hydrogens is 232 g/mol. The predicted molar refractivity (Wildman–Crippen MR) is 85.7 cm³/mol. The Hall–Kier alpha value is -0.0800. The topological polar surface area (TPSA) is 15.3 Å². The lowest BCUT2D eigenvalue weighted by Crippen LogP contribution is -2.48. The first-order valence-electron chi connectivity index (χ1n) is 8.48. The minimum absolute atomic E-state index is 0.434. The van der Waals surface area contributed by atoms with E-state index < -0.39 is 0 Å². The first-order valence-corrected chi connectivity index (χ1v) is 8.48. The van der Waals surface area contributed by atoms with Crippen LogP contribution >= 0.6 is 0 Å². The smallest absolute Gasteiger partial charge is 0.00928 e. The van der Waals surface area contributed by atoms with E-state index in [2.05, 4.69) is 44.8 Å². The number of piperidine rings is 1. The SMILES string of the molecule is CCCC(C)(CNC(C)C)CN1CCCCC1CC. The lowest BCUT2D eigenvalue weighted by molar-refractivity contribution is 0.0788. The van der Waals surface area contributed by atoms with Crippen molar-refractivity contribution >= 4 is 0 Å². The van der Waals surface area contributed by atoms with Gasteiger partial charge in [-0.15, -0.1) is 0 Å². The summed E-state index contributed by atoms with van der Waals surface area (Å²) in [5, 5.41) is 3.67. The van der Waals surface area contributed by atoms with Gasteiger partial charge in [0.2, 0.25) is 0 Å². The number of nitrogens with one attached hydrogen (secondary N) is 1. The van der Waals surface area contributed by atoms with Crippen molar-refractivity contribution in [1.29, 1.82) is 0 Å². The quantitative estimate of drug-likeness (QED) is 0.714. The predicted octanol–water partition coefficient (Wildman–Crippen LogP) is 4.06. The highest BCUT2D eigenvalue weighted by Crippen LogP contribution is 2.28. The summed E-state index contributed by atoms with van der Waals surface area (Å²) in [7, 11) is 0. The molecule has 1 rings (SSSR count). The van der Waals surface area contributed by atoms with Gasteiger partial charge in [0.15, 0.2) is 0 Å². The van der Waals surface area contributed by atoms with Crippen molar-refractivity contribution in [2.75, 3.05) is 19.6 Å². The lowest BCUT2D eigenvalue weighted by atomic mass is 9.83. The van der Waals surface area contributed by atoms with Crippen molar-refractivity contribution in [2.45, 2.75) is 85.2 Å². The summed E-state index contributed by atoms with van der Waals surface area (Å²) in [6.45, 7) is 15.4. The second-order valence-corrected chi connectivity index (χ2v) is 7.12. The van der Waals surface area contributed by atoms with Gasteiger partial charge in [0, 0.05) is 25.2 Å². The molecule has 1 aliphatic rings. The molecule has 0 aliphatic carbocycles. The third kappa shape index (κ3) is 5.83. The molecule has 0 spiro atoms. The zero-order chi connectivity index (χ0) is 14.3. The molecule has 2 atom stereocenters. The van der Waals surface area contributed by atoms with Crippen molar-refractivity contribution in [3.05, 3.63) is 0 Å². The van der Waals surface area contributed by atoms with Crippen molar-refractivity contribution in [2.24, 2.45) is 5.41 Å². The second kappa shape index (κ2) is 8.26. The molecule has 19 heavy (non-hydrogen) atoms. The van der Waals surface area contributed by atoms with Gasteiger partial charge in [-0.2, -0.15) is 0 Å². The van der Waals surface area contributed by atoms with Crippen LogP contribution in [0.2, 0.25) is 0 Å². The van der Waals surface area contributed by atoms with Gasteiger partial charge in [0.05, 0.1) is 0 Å². The van der Waals surface area contributed by atoms with E-state index in [1.54, 1.807) is 0 Å². The molecule has 2 nitrogen and oxygen atoms in total. The normalized spacial score (nSPS) is 24.6. The maximum Gasteiger partial charge on any atom is 0.00928 e. The fraction of sp³-hybridized carbons (Fsp3) is 1.00. The average Bonchev–Trinajstić information content (AvgIpc) is 2.37. The lowest BCUT2D eigenvalue weighted by Gasteiger charge is -2.42. The zero-order valence-electron chi connectivity index (χ0n) is 14.0. The van der Waals surface area contributed by atoms with Crippen LogP contribution in [0.1, 0.15) is 73.1 Å². The van der Waals surface area contributed by atoms with E-state index in [-0.39, 0.29) is 0 Å². The molecule has 0 amide bonds. The fourth-order valence-electron chi connectivity index (χ4n) is 3.50. The number of nitrogens with zero attached hydrogens (tertiary/aromatic N) is 1. The monoisotopic (exact) mass is 268 g/mol. The van der Waals surface area contributed by atoms with E-state index in [1.165, 1.54) is 51.6 Å². The van der Waals surface area contributed by atoms with E-state index in [9.17, 15) is 0 Å². The van der Waals surface area contributed by atoms with Crippen molar-refractivity contribution in [1.82, 2.24) is 10.2 Å². The van der Waals surface area contributed by atoms with Crippen LogP contribution in [-0.4, -0.2) is 36.6 Å². The Kier molecular flexibility index (Phi) is 7.38. The second-order valence-electron chi connectivity index (χ2n) is 7.12. The molecule has 1 aliphatic heterocycles. The molecule has 1 saturated heterocycles. The molecule has 1 heterocycles. The molecule has 1 fully saturated rings. The number of hydrogen-bond acceptors (Lipinski definition) is 2. The van der Waals surface area contributed by atoms with Gasteiger partial charge in [0.25, 0.3) is 0 Å². The molecule has 1 N–H and O–H groups in total. The Morgan fingerprint density at radius 1 is 1.26 bits per heavy atom. The molecule has 0 saturated carbocycles. The molecule has 0 aromatic rings. The van der Waals surface area contributed by atoms with Crippen LogP contribution in [-0.2, 0) is 0 Å². The Balaban J connectivity index is 2.59. The molecular formula is C17H36N2. The highest BCUT2D eigenvalue weighted by atomic mass is 15.2. The first-order chi connectivity index (χ1) is 9.00. The van der Waals surface area contributed by atoms with Gasteiger partial charge in [0.1, 0.15) is 0 Å². The van der Waals surface area contributed by atoms with Crippen LogP contribution in [0.3, 0.4) is 0 Å². The summed E-state index contributed by atoms with van der Waals surface area (Å²) in [5.41, 5.74) is 0.434. The van der Waals surface area contributed by atoms with Crippen LogP contribution in [0.25, 0.3) is 0 Å². The highest BCUT2D eigenvalue weighted by Gasteiger charge is 2.30. The Bertz CT molecular complexity index is 239. The minimum atomic E-state index is 0.434. The Labute approximate surface area is 121 Å². The number of likely N-dealkylation sites (tertiary alicyclic amines) is 1. The van der Waals surface area contributed by atoms with Crippen molar-refractivity contribution in [3.8, 4) is 0 Å². The van der Waals surface area contributed by atoms with Crippen LogP contribution in [0.4, 0.5) is 0 Å². The fourth-order valence-corrected chi connectivity index (χ4v) is 3.50. The average molecular weight is 268 g/mol. The van der Waals surface area contributed by atoms with Crippen LogP contribution in [0, 0.1) is 5.41 Å². The summed E-state index contributed by atoms with van der Waals surface area (Å²) >= 11 is 0. The van der Waals surface area contributed by atoms with Crippen LogP contribution in [0.5, 0.6) is 0 Å². The maximum absolute atomic E-state index is 3.67. The van der Waals surface area contributed by atoms with Crippen LogP contribution < -0.4 is 5.32 Å². The van der Waals surface area contributed by atoms with E-state index in [0.29, 0.717) is 11.5 Å². The van der Waals surface area contributed by atoms with Crippen LogP contribution in [0.15, 0.2) is 0 Å². The van der Waals surface area contributed by atoms with E-state index in [4.69, 9.17) is 0 Å². The third-order valence-electron chi connectivity index (χ3n) is 4.60. The molecule has 2 unspecified atom stereocenters. The van der Waals surface area contributed by atoms with Crippen molar-refractivity contribution in [3.63, 3.8) is 0 Å². The van der Waals surface area contributed by atoms with Gasteiger partial charge in [-0.3, -0.25) is 4.90 Å².